The highest BCUT2D eigenvalue weighted by Crippen LogP contribution is 2.22. The highest BCUT2D eigenvalue weighted by Gasteiger charge is 2.16. The van der Waals surface area contributed by atoms with Crippen LogP contribution in [0.5, 0.6) is 0 Å². The molecule has 0 N–H and O–H groups in total. The summed E-state index contributed by atoms with van der Waals surface area (Å²) in [6, 6.07) is 17.9. The molecule has 0 saturated heterocycles. The van der Waals surface area contributed by atoms with Gasteiger partial charge in [-0.15, -0.1) is 0 Å². The van der Waals surface area contributed by atoms with E-state index in [2.05, 4.69) is 56.0 Å². The standard InChI is InChI=1S/C31H39NO3/c1-4-6-7-15-29(33)26-18-17-25(27(22-26)23-30(34)31-16-11-21-35-31)13-10-20-32(19-5-2)28-14-9-8-12-24(28)3/h8-9,11-12,14,16-18,21-22H,4-7,10,13,15,19-20,23H2,1-3H3. The number of nitrogens with zero attached hydrogens (tertiary/aromatic N) is 1. The average molecular weight is 474 g/mol. The Labute approximate surface area is 210 Å². The molecule has 0 radical (unpaired) electrons. The van der Waals surface area contributed by atoms with Gasteiger partial charge in [0.2, 0.25) is 5.78 Å². The number of Topliss-reactive ketones (excluding diaryl/α,β-unsaturated/α-hetero) is 2. The van der Waals surface area contributed by atoms with Crippen LogP contribution in [0.2, 0.25) is 0 Å². The lowest BCUT2D eigenvalue weighted by Gasteiger charge is -2.26. The molecule has 1 heterocycles. The number of carbonyl (C=O) groups excluding carboxylic acids is 2. The van der Waals surface area contributed by atoms with Crippen LogP contribution in [-0.4, -0.2) is 24.7 Å². The van der Waals surface area contributed by atoms with E-state index >= 15 is 0 Å². The maximum absolute atomic E-state index is 12.8. The van der Waals surface area contributed by atoms with Crippen molar-refractivity contribution in [2.24, 2.45) is 0 Å². The molecular formula is C31H39NO3. The Morgan fingerprint density at radius 1 is 0.829 bits per heavy atom. The first-order valence-corrected chi connectivity index (χ1v) is 13.1. The number of ketones is 2. The van der Waals surface area contributed by atoms with Crippen LogP contribution in [0, 0.1) is 6.92 Å². The Hall–Kier alpha value is -3.14. The van der Waals surface area contributed by atoms with Crippen LogP contribution in [0.1, 0.15) is 90.0 Å². The second kappa shape index (κ2) is 13.7. The first-order chi connectivity index (χ1) is 17.0. The molecule has 0 unspecified atom stereocenters. The van der Waals surface area contributed by atoms with E-state index in [9.17, 15) is 9.59 Å². The predicted octanol–water partition coefficient (Wildman–Crippen LogP) is 7.63. The van der Waals surface area contributed by atoms with Gasteiger partial charge in [0.1, 0.15) is 0 Å². The smallest absolute Gasteiger partial charge is 0.202 e. The minimum atomic E-state index is -0.0562. The van der Waals surface area contributed by atoms with Crippen molar-refractivity contribution >= 4 is 17.3 Å². The molecule has 0 bridgehead atoms. The summed E-state index contributed by atoms with van der Waals surface area (Å²) in [6.07, 6.45) is 8.30. The normalized spacial score (nSPS) is 10.9. The third-order valence-corrected chi connectivity index (χ3v) is 6.51. The van der Waals surface area contributed by atoms with Crippen molar-refractivity contribution < 1.29 is 14.0 Å². The Kier molecular flexibility index (Phi) is 10.3. The summed E-state index contributed by atoms with van der Waals surface area (Å²) < 4.78 is 5.33. The van der Waals surface area contributed by atoms with Crippen LogP contribution in [0.15, 0.2) is 65.3 Å². The molecule has 3 rings (SSSR count). The Morgan fingerprint density at radius 3 is 2.37 bits per heavy atom. The van der Waals surface area contributed by atoms with Crippen molar-refractivity contribution in [2.45, 2.75) is 72.1 Å². The molecule has 4 nitrogen and oxygen atoms in total. The van der Waals surface area contributed by atoms with Crippen LogP contribution < -0.4 is 4.90 Å². The monoisotopic (exact) mass is 473 g/mol. The molecule has 0 aliphatic carbocycles. The number of furan rings is 1. The number of hydrogen-bond donors (Lipinski definition) is 0. The number of hydrogen-bond acceptors (Lipinski definition) is 4. The number of para-hydroxylation sites is 1. The first-order valence-electron chi connectivity index (χ1n) is 13.1. The molecule has 0 atom stereocenters. The summed E-state index contributed by atoms with van der Waals surface area (Å²) in [4.78, 5) is 28.0. The fourth-order valence-corrected chi connectivity index (χ4v) is 4.59. The molecule has 0 aliphatic heterocycles. The van der Waals surface area contributed by atoms with Gasteiger partial charge in [0, 0.05) is 37.2 Å². The van der Waals surface area contributed by atoms with Crippen molar-refractivity contribution in [3.05, 3.63) is 88.9 Å². The zero-order chi connectivity index (χ0) is 25.0. The molecule has 0 spiro atoms. The summed E-state index contributed by atoms with van der Waals surface area (Å²) >= 11 is 0. The van der Waals surface area contributed by atoms with E-state index in [1.807, 2.05) is 12.1 Å². The molecule has 186 valence electrons. The van der Waals surface area contributed by atoms with E-state index in [0.717, 1.165) is 62.7 Å². The molecule has 35 heavy (non-hydrogen) atoms. The van der Waals surface area contributed by atoms with Gasteiger partial charge in [0.05, 0.1) is 6.26 Å². The van der Waals surface area contributed by atoms with Gasteiger partial charge >= 0.3 is 0 Å². The van der Waals surface area contributed by atoms with E-state index in [0.29, 0.717) is 17.7 Å². The fraction of sp³-hybridized carbons (Fsp3) is 0.419. The Bertz CT molecular complexity index is 1080. The molecule has 2 aromatic carbocycles. The third kappa shape index (κ3) is 7.68. The molecule has 1 aromatic heterocycles. The first kappa shape index (κ1) is 26.5. The molecule has 0 fully saturated rings. The largest absolute Gasteiger partial charge is 0.461 e. The third-order valence-electron chi connectivity index (χ3n) is 6.51. The number of anilines is 1. The van der Waals surface area contributed by atoms with Gasteiger partial charge in [-0.1, -0.05) is 57.0 Å². The zero-order valence-corrected chi connectivity index (χ0v) is 21.5. The zero-order valence-electron chi connectivity index (χ0n) is 21.5. The second-order valence-corrected chi connectivity index (χ2v) is 9.32. The van der Waals surface area contributed by atoms with Gasteiger partial charge in [-0.3, -0.25) is 9.59 Å². The molecule has 3 aromatic rings. The van der Waals surface area contributed by atoms with E-state index in [-0.39, 0.29) is 18.0 Å². The lowest BCUT2D eigenvalue weighted by Crippen LogP contribution is -2.26. The maximum Gasteiger partial charge on any atom is 0.202 e. The number of unbranched alkanes of at least 4 members (excludes halogenated alkanes) is 2. The highest BCUT2D eigenvalue weighted by atomic mass is 16.3. The van der Waals surface area contributed by atoms with Crippen molar-refractivity contribution in [1.82, 2.24) is 0 Å². The SMILES string of the molecule is CCCCCC(=O)c1ccc(CCCN(CCC)c2ccccc2C)c(CC(=O)c2ccco2)c1. The van der Waals surface area contributed by atoms with E-state index in [1.54, 1.807) is 12.1 Å². The fourth-order valence-electron chi connectivity index (χ4n) is 4.59. The molecular weight excluding hydrogens is 434 g/mol. The quantitative estimate of drug-likeness (QED) is 0.168. The summed E-state index contributed by atoms with van der Waals surface area (Å²) in [5.41, 5.74) is 5.36. The Balaban J connectivity index is 1.75. The summed E-state index contributed by atoms with van der Waals surface area (Å²) in [5.74, 6) is 0.467. The van der Waals surface area contributed by atoms with Gasteiger partial charge < -0.3 is 9.32 Å². The minimum Gasteiger partial charge on any atom is -0.461 e. The van der Waals surface area contributed by atoms with E-state index < -0.39 is 0 Å². The summed E-state index contributed by atoms with van der Waals surface area (Å²) in [6.45, 7) is 8.46. The summed E-state index contributed by atoms with van der Waals surface area (Å²) in [7, 11) is 0. The van der Waals surface area contributed by atoms with Crippen LogP contribution in [0.3, 0.4) is 0 Å². The van der Waals surface area contributed by atoms with Gasteiger partial charge in [-0.2, -0.15) is 0 Å². The van der Waals surface area contributed by atoms with Crippen molar-refractivity contribution in [3.8, 4) is 0 Å². The van der Waals surface area contributed by atoms with Gasteiger partial charge in [-0.25, -0.2) is 0 Å². The number of aryl methyl sites for hydroxylation is 2. The Morgan fingerprint density at radius 2 is 1.66 bits per heavy atom. The second-order valence-electron chi connectivity index (χ2n) is 9.32. The van der Waals surface area contributed by atoms with Crippen molar-refractivity contribution in [3.63, 3.8) is 0 Å². The maximum atomic E-state index is 12.8. The molecule has 4 heteroatoms. The van der Waals surface area contributed by atoms with Crippen LogP contribution >= 0.6 is 0 Å². The van der Waals surface area contributed by atoms with Crippen LogP contribution in [-0.2, 0) is 12.8 Å². The number of benzene rings is 2. The number of rotatable bonds is 15. The molecule has 0 aliphatic rings. The molecule has 0 saturated carbocycles. The van der Waals surface area contributed by atoms with E-state index in [4.69, 9.17) is 4.42 Å². The van der Waals surface area contributed by atoms with Crippen molar-refractivity contribution in [2.75, 3.05) is 18.0 Å². The average Bonchev–Trinajstić information content (AvgIpc) is 3.40. The van der Waals surface area contributed by atoms with Crippen LogP contribution in [0.4, 0.5) is 5.69 Å². The molecule has 0 amide bonds. The van der Waals surface area contributed by atoms with Gasteiger partial charge in [0.25, 0.3) is 0 Å². The van der Waals surface area contributed by atoms with Gasteiger partial charge in [-0.05, 0) is 73.6 Å². The van der Waals surface area contributed by atoms with Crippen molar-refractivity contribution in [1.29, 1.82) is 0 Å². The summed E-state index contributed by atoms with van der Waals surface area (Å²) in [5, 5.41) is 0. The number of carbonyl (C=O) groups is 2. The predicted molar refractivity (Wildman–Crippen MR) is 144 cm³/mol. The lowest BCUT2D eigenvalue weighted by molar-refractivity contribution is 0.0959. The van der Waals surface area contributed by atoms with E-state index in [1.165, 1.54) is 17.5 Å². The highest BCUT2D eigenvalue weighted by molar-refractivity contribution is 5.98. The topological polar surface area (TPSA) is 50.5 Å². The van der Waals surface area contributed by atoms with Crippen LogP contribution in [0.25, 0.3) is 0 Å². The minimum absolute atomic E-state index is 0.0562. The van der Waals surface area contributed by atoms with Gasteiger partial charge in [0.15, 0.2) is 11.5 Å². The lowest BCUT2D eigenvalue weighted by atomic mass is 9.93.